The van der Waals surface area contributed by atoms with E-state index < -0.39 is 0 Å². The molecule has 2 rings (SSSR count). The Morgan fingerprint density at radius 3 is 3.06 bits per heavy atom. The summed E-state index contributed by atoms with van der Waals surface area (Å²) in [6.07, 6.45) is 1.21. The zero-order chi connectivity index (χ0) is 12.3. The van der Waals surface area contributed by atoms with Gasteiger partial charge in [-0.25, -0.2) is 0 Å². The summed E-state index contributed by atoms with van der Waals surface area (Å²) in [7, 11) is 0. The van der Waals surface area contributed by atoms with Gasteiger partial charge in [-0.2, -0.15) is 0 Å². The second-order valence-electron chi connectivity index (χ2n) is 4.28. The molecule has 5 heteroatoms. The largest absolute Gasteiger partial charge is 0.377 e. The van der Waals surface area contributed by atoms with Gasteiger partial charge in [-0.05, 0) is 18.9 Å². The zero-order valence-corrected chi connectivity index (χ0v) is 9.76. The summed E-state index contributed by atoms with van der Waals surface area (Å²) in [5.74, 6) is 0. The summed E-state index contributed by atoms with van der Waals surface area (Å²) >= 11 is 0. The molecule has 0 radical (unpaired) electrons. The normalized spacial score (nSPS) is 23.8. The van der Waals surface area contributed by atoms with Gasteiger partial charge in [0.25, 0.3) is 5.69 Å². The van der Waals surface area contributed by atoms with Crippen molar-refractivity contribution in [3.05, 3.63) is 39.9 Å². The summed E-state index contributed by atoms with van der Waals surface area (Å²) in [6.45, 7) is 3.46. The van der Waals surface area contributed by atoms with Crippen LogP contribution in [-0.4, -0.2) is 23.7 Å². The molecule has 0 spiro atoms. The van der Waals surface area contributed by atoms with Gasteiger partial charge in [0, 0.05) is 31.3 Å². The molecule has 5 nitrogen and oxygen atoms in total. The molecule has 0 amide bonds. The fraction of sp³-hybridized carbons (Fsp3) is 0.500. The van der Waals surface area contributed by atoms with Crippen molar-refractivity contribution >= 4 is 5.69 Å². The molecule has 1 aliphatic rings. The predicted octanol–water partition coefficient (Wildman–Crippen LogP) is 1.86. The van der Waals surface area contributed by atoms with Crippen molar-refractivity contribution in [3.8, 4) is 0 Å². The first-order chi connectivity index (χ1) is 8.16. The van der Waals surface area contributed by atoms with Crippen molar-refractivity contribution in [1.29, 1.82) is 0 Å². The second-order valence-corrected chi connectivity index (χ2v) is 4.28. The van der Waals surface area contributed by atoms with Crippen LogP contribution in [0, 0.1) is 10.1 Å². The van der Waals surface area contributed by atoms with Crippen LogP contribution in [0.3, 0.4) is 0 Å². The Morgan fingerprint density at radius 2 is 2.41 bits per heavy atom. The summed E-state index contributed by atoms with van der Waals surface area (Å²) < 4.78 is 5.45. The van der Waals surface area contributed by atoms with Crippen LogP contribution >= 0.6 is 0 Å². The lowest BCUT2D eigenvalue weighted by molar-refractivity contribution is -0.384. The fourth-order valence-corrected chi connectivity index (χ4v) is 2.03. The summed E-state index contributed by atoms with van der Waals surface area (Å²) in [5.41, 5.74) is 1.07. The minimum absolute atomic E-state index is 0.139. The Balaban J connectivity index is 1.94. The summed E-state index contributed by atoms with van der Waals surface area (Å²) in [6, 6.07) is 7.05. The van der Waals surface area contributed by atoms with E-state index in [-0.39, 0.29) is 16.7 Å². The highest BCUT2D eigenvalue weighted by Crippen LogP contribution is 2.16. The average Bonchev–Trinajstić information content (AvgIpc) is 2.72. The minimum atomic E-state index is -0.370. The van der Waals surface area contributed by atoms with E-state index in [4.69, 9.17) is 4.74 Å². The van der Waals surface area contributed by atoms with Gasteiger partial charge >= 0.3 is 0 Å². The van der Waals surface area contributed by atoms with Gasteiger partial charge in [0.1, 0.15) is 0 Å². The number of nitro groups is 1. The summed E-state index contributed by atoms with van der Waals surface area (Å²) in [5, 5.41) is 14.0. The van der Waals surface area contributed by atoms with E-state index in [0.29, 0.717) is 12.6 Å². The highest BCUT2D eigenvalue weighted by atomic mass is 16.6. The number of benzene rings is 1. The lowest BCUT2D eigenvalue weighted by atomic mass is 10.1. The highest BCUT2D eigenvalue weighted by Gasteiger charge is 2.23. The molecule has 0 aliphatic carbocycles. The number of nitrogens with one attached hydrogen (secondary N) is 1. The van der Waals surface area contributed by atoms with E-state index in [1.165, 1.54) is 6.07 Å². The predicted molar refractivity (Wildman–Crippen MR) is 63.8 cm³/mol. The van der Waals surface area contributed by atoms with Gasteiger partial charge in [0.05, 0.1) is 11.0 Å². The van der Waals surface area contributed by atoms with Crippen LogP contribution in [0.25, 0.3) is 0 Å². The van der Waals surface area contributed by atoms with Crippen LogP contribution < -0.4 is 5.32 Å². The van der Waals surface area contributed by atoms with Gasteiger partial charge in [-0.15, -0.1) is 0 Å². The van der Waals surface area contributed by atoms with E-state index in [1.54, 1.807) is 12.1 Å². The Hall–Kier alpha value is -1.46. The van der Waals surface area contributed by atoms with Crippen LogP contribution in [0.15, 0.2) is 24.3 Å². The molecule has 0 saturated carbocycles. The monoisotopic (exact) mass is 236 g/mol. The quantitative estimate of drug-likeness (QED) is 0.640. The number of ether oxygens (including phenoxy) is 1. The molecule has 1 heterocycles. The van der Waals surface area contributed by atoms with Crippen LogP contribution in [0.2, 0.25) is 0 Å². The molecule has 1 aliphatic heterocycles. The third-order valence-corrected chi connectivity index (χ3v) is 3.07. The van der Waals surface area contributed by atoms with Crippen LogP contribution in [-0.2, 0) is 11.3 Å². The van der Waals surface area contributed by atoms with Gasteiger partial charge in [0.15, 0.2) is 0 Å². The average molecular weight is 236 g/mol. The van der Waals surface area contributed by atoms with Gasteiger partial charge in [-0.3, -0.25) is 10.1 Å². The van der Waals surface area contributed by atoms with Crippen molar-refractivity contribution < 1.29 is 9.66 Å². The maximum absolute atomic E-state index is 10.6. The first-order valence-corrected chi connectivity index (χ1v) is 5.75. The molecule has 2 atom stereocenters. The van der Waals surface area contributed by atoms with Crippen molar-refractivity contribution in [1.82, 2.24) is 5.32 Å². The molecule has 17 heavy (non-hydrogen) atoms. The molecule has 0 aromatic heterocycles. The molecule has 1 fully saturated rings. The maximum Gasteiger partial charge on any atom is 0.269 e. The van der Waals surface area contributed by atoms with E-state index in [1.807, 2.05) is 13.0 Å². The smallest absolute Gasteiger partial charge is 0.269 e. The lowest BCUT2D eigenvalue weighted by Crippen LogP contribution is -2.34. The Morgan fingerprint density at radius 1 is 1.59 bits per heavy atom. The molecule has 1 aromatic rings. The van der Waals surface area contributed by atoms with Crippen LogP contribution in [0.5, 0.6) is 0 Å². The number of rotatable bonds is 4. The summed E-state index contributed by atoms with van der Waals surface area (Å²) in [4.78, 5) is 10.3. The molecular weight excluding hydrogens is 220 g/mol. The topological polar surface area (TPSA) is 64.4 Å². The van der Waals surface area contributed by atoms with Gasteiger partial charge < -0.3 is 10.1 Å². The first kappa shape index (κ1) is 12.0. The highest BCUT2D eigenvalue weighted by molar-refractivity contribution is 5.34. The van der Waals surface area contributed by atoms with E-state index in [9.17, 15) is 10.1 Å². The molecule has 1 N–H and O–H groups in total. The number of non-ortho nitro benzene ring substituents is 1. The molecule has 92 valence electrons. The van der Waals surface area contributed by atoms with Crippen molar-refractivity contribution in [3.63, 3.8) is 0 Å². The lowest BCUT2D eigenvalue weighted by Gasteiger charge is -2.15. The number of nitrogens with zero attached hydrogens (tertiary/aromatic N) is 1. The zero-order valence-electron chi connectivity index (χ0n) is 9.76. The van der Waals surface area contributed by atoms with E-state index in [2.05, 4.69) is 5.32 Å². The molecule has 2 unspecified atom stereocenters. The Bertz CT molecular complexity index is 408. The third kappa shape index (κ3) is 3.01. The van der Waals surface area contributed by atoms with Crippen LogP contribution in [0.1, 0.15) is 18.9 Å². The molecule has 1 aromatic carbocycles. The standard InChI is InChI=1S/C12H16N2O3/c1-9-12(5-6-17-9)13-8-10-3-2-4-11(7-10)14(15)16/h2-4,7,9,12-13H,5-6,8H2,1H3. The Kier molecular flexibility index (Phi) is 3.71. The van der Waals surface area contributed by atoms with E-state index >= 15 is 0 Å². The van der Waals surface area contributed by atoms with Gasteiger partial charge in [-0.1, -0.05) is 12.1 Å². The van der Waals surface area contributed by atoms with E-state index in [0.717, 1.165) is 18.6 Å². The number of hydrogen-bond donors (Lipinski definition) is 1. The maximum atomic E-state index is 10.6. The number of nitro benzene ring substituents is 1. The fourth-order valence-electron chi connectivity index (χ4n) is 2.03. The molecular formula is C12H16N2O3. The minimum Gasteiger partial charge on any atom is -0.377 e. The van der Waals surface area contributed by atoms with Crippen molar-refractivity contribution in [2.24, 2.45) is 0 Å². The first-order valence-electron chi connectivity index (χ1n) is 5.75. The van der Waals surface area contributed by atoms with Crippen molar-refractivity contribution in [2.45, 2.75) is 32.0 Å². The SMILES string of the molecule is CC1OCCC1NCc1cccc([N+](=O)[O-])c1. The Labute approximate surface area is 99.9 Å². The van der Waals surface area contributed by atoms with Crippen LogP contribution in [0.4, 0.5) is 5.69 Å². The molecule has 1 saturated heterocycles. The molecule has 0 bridgehead atoms. The van der Waals surface area contributed by atoms with Gasteiger partial charge in [0.2, 0.25) is 0 Å². The number of hydrogen-bond acceptors (Lipinski definition) is 4. The second kappa shape index (κ2) is 5.25. The third-order valence-electron chi connectivity index (χ3n) is 3.07. The van der Waals surface area contributed by atoms with Crippen molar-refractivity contribution in [2.75, 3.05) is 6.61 Å².